The number of urea groups is 1. The summed E-state index contributed by atoms with van der Waals surface area (Å²) in [6.07, 6.45) is 3.09. The van der Waals surface area contributed by atoms with Crippen LogP contribution in [0.15, 0.2) is 30.6 Å². The van der Waals surface area contributed by atoms with Crippen molar-refractivity contribution in [3.8, 4) is 0 Å². The summed E-state index contributed by atoms with van der Waals surface area (Å²) in [5.74, 6) is -1.02. The summed E-state index contributed by atoms with van der Waals surface area (Å²) >= 11 is 0. The molecule has 3 N–H and O–H groups in total. The third-order valence-corrected chi connectivity index (χ3v) is 5.45. The number of amides is 2. The molecular weight excluding hydrogens is 380 g/mol. The Bertz CT molecular complexity index is 1120. The summed E-state index contributed by atoms with van der Waals surface area (Å²) in [6, 6.07) is 3.45. The van der Waals surface area contributed by atoms with Crippen molar-refractivity contribution in [3.05, 3.63) is 47.8 Å². The number of H-pyrrole nitrogens is 1. The maximum Gasteiger partial charge on any atom is 0.323 e. The molecule has 29 heavy (non-hydrogen) atoms. The van der Waals surface area contributed by atoms with Gasteiger partial charge in [0.25, 0.3) is 0 Å². The number of nitrogens with zero attached hydrogens (tertiary/aromatic N) is 2. The standard InChI is InChI=1S/C20H19F2N5O2/c1-11-2-12(5-24-18(11)27-7-20(8-27)9-29-10-20)25-19(28)26-17-6-23-16-4-15(22)14(21)3-13(16)17/h2-6,23H,7-10H2,1H3,(H2,25,26,28). The number of rotatable bonds is 3. The molecule has 5 rings (SSSR count). The maximum atomic E-state index is 13.5. The van der Waals surface area contributed by atoms with E-state index in [1.165, 1.54) is 6.20 Å². The van der Waals surface area contributed by atoms with E-state index in [-0.39, 0.29) is 0 Å². The van der Waals surface area contributed by atoms with E-state index in [0.29, 0.717) is 27.7 Å². The largest absolute Gasteiger partial charge is 0.380 e. The fourth-order valence-corrected chi connectivity index (χ4v) is 3.96. The minimum Gasteiger partial charge on any atom is -0.380 e. The number of carbonyl (C=O) groups is 1. The number of benzene rings is 1. The van der Waals surface area contributed by atoms with Crippen molar-refractivity contribution in [2.24, 2.45) is 5.41 Å². The molecule has 0 unspecified atom stereocenters. The van der Waals surface area contributed by atoms with E-state index in [9.17, 15) is 13.6 Å². The highest BCUT2D eigenvalue weighted by Crippen LogP contribution is 2.40. The summed E-state index contributed by atoms with van der Waals surface area (Å²) in [4.78, 5) is 21.9. The van der Waals surface area contributed by atoms with Crippen LogP contribution in [0.3, 0.4) is 0 Å². The number of carbonyl (C=O) groups excluding carboxylic acids is 1. The Kier molecular flexibility index (Phi) is 3.95. The second kappa shape index (κ2) is 6.41. The monoisotopic (exact) mass is 399 g/mol. The van der Waals surface area contributed by atoms with E-state index < -0.39 is 17.7 Å². The number of fused-ring (bicyclic) bond motifs is 1. The third kappa shape index (κ3) is 3.07. The molecule has 2 aliphatic rings. The molecule has 2 fully saturated rings. The van der Waals surface area contributed by atoms with Gasteiger partial charge in [0.2, 0.25) is 0 Å². The highest BCUT2D eigenvalue weighted by atomic mass is 19.2. The van der Waals surface area contributed by atoms with E-state index in [1.54, 1.807) is 6.20 Å². The van der Waals surface area contributed by atoms with Gasteiger partial charge in [-0.25, -0.2) is 18.6 Å². The van der Waals surface area contributed by atoms with Gasteiger partial charge in [-0.2, -0.15) is 0 Å². The van der Waals surface area contributed by atoms with Gasteiger partial charge in [-0.3, -0.25) is 0 Å². The molecule has 0 bridgehead atoms. The topological polar surface area (TPSA) is 82.3 Å². The summed E-state index contributed by atoms with van der Waals surface area (Å²) in [7, 11) is 0. The van der Waals surface area contributed by atoms with Gasteiger partial charge < -0.3 is 25.3 Å². The van der Waals surface area contributed by atoms with Crippen LogP contribution in [0.2, 0.25) is 0 Å². The van der Waals surface area contributed by atoms with Crippen LogP contribution in [0.25, 0.3) is 10.9 Å². The van der Waals surface area contributed by atoms with Crippen LogP contribution in [-0.4, -0.2) is 42.3 Å². The average Bonchev–Trinajstić information content (AvgIpc) is 2.96. The average molecular weight is 399 g/mol. The lowest BCUT2D eigenvalue weighted by atomic mass is 9.78. The number of halogens is 2. The van der Waals surface area contributed by atoms with Crippen LogP contribution in [0.5, 0.6) is 0 Å². The van der Waals surface area contributed by atoms with Crippen molar-refractivity contribution in [3.63, 3.8) is 0 Å². The van der Waals surface area contributed by atoms with Gasteiger partial charge in [-0.1, -0.05) is 0 Å². The Morgan fingerprint density at radius 2 is 1.97 bits per heavy atom. The predicted octanol–water partition coefficient (Wildman–Crippen LogP) is 3.63. The number of hydrogen-bond acceptors (Lipinski definition) is 4. The van der Waals surface area contributed by atoms with Crippen molar-refractivity contribution < 1.29 is 18.3 Å². The zero-order valence-corrected chi connectivity index (χ0v) is 15.7. The Balaban J connectivity index is 1.26. The lowest BCUT2D eigenvalue weighted by Gasteiger charge is -2.55. The Morgan fingerprint density at radius 3 is 2.66 bits per heavy atom. The van der Waals surface area contributed by atoms with Crippen LogP contribution in [0.1, 0.15) is 5.56 Å². The summed E-state index contributed by atoms with van der Waals surface area (Å²) in [5, 5.41) is 5.75. The van der Waals surface area contributed by atoms with Gasteiger partial charge in [0.1, 0.15) is 5.82 Å². The molecule has 2 aliphatic heterocycles. The van der Waals surface area contributed by atoms with Crippen molar-refractivity contribution in [2.75, 3.05) is 41.8 Å². The first-order chi connectivity index (χ1) is 13.9. The number of aryl methyl sites for hydroxylation is 1. The van der Waals surface area contributed by atoms with Crippen LogP contribution < -0.4 is 15.5 Å². The number of aromatic nitrogens is 2. The second-order valence-electron chi connectivity index (χ2n) is 7.81. The minimum atomic E-state index is -0.975. The van der Waals surface area contributed by atoms with Crippen LogP contribution in [0.4, 0.5) is 30.8 Å². The zero-order chi connectivity index (χ0) is 20.2. The first kappa shape index (κ1) is 17.9. The molecule has 1 spiro atoms. The molecule has 3 aromatic rings. The lowest BCUT2D eigenvalue weighted by molar-refractivity contribution is -0.127. The van der Waals surface area contributed by atoms with Crippen LogP contribution in [-0.2, 0) is 4.74 Å². The first-order valence-corrected chi connectivity index (χ1v) is 9.26. The van der Waals surface area contributed by atoms with E-state index in [2.05, 4.69) is 25.5 Å². The van der Waals surface area contributed by atoms with E-state index in [1.807, 2.05) is 13.0 Å². The Morgan fingerprint density at radius 1 is 1.21 bits per heavy atom. The fourth-order valence-electron chi connectivity index (χ4n) is 3.96. The molecular formula is C20H19F2N5O2. The first-order valence-electron chi connectivity index (χ1n) is 9.26. The Hall–Kier alpha value is -3.20. The predicted molar refractivity (Wildman–Crippen MR) is 105 cm³/mol. The van der Waals surface area contributed by atoms with Gasteiger partial charge in [0, 0.05) is 30.7 Å². The second-order valence-corrected chi connectivity index (χ2v) is 7.81. The number of anilines is 3. The van der Waals surface area contributed by atoms with E-state index in [0.717, 1.165) is 49.8 Å². The number of hydrogen-bond donors (Lipinski definition) is 3. The number of pyridine rings is 1. The maximum absolute atomic E-state index is 13.5. The van der Waals surface area contributed by atoms with Gasteiger partial charge in [-0.05, 0) is 24.6 Å². The molecule has 2 amide bonds. The Labute approximate surface area is 165 Å². The normalized spacial score (nSPS) is 17.1. The van der Waals surface area contributed by atoms with Crippen LogP contribution >= 0.6 is 0 Å². The highest BCUT2D eigenvalue weighted by Gasteiger charge is 2.49. The molecule has 2 aromatic heterocycles. The molecule has 150 valence electrons. The SMILES string of the molecule is Cc1cc(NC(=O)Nc2c[nH]c3cc(F)c(F)cc23)cnc1N1CC2(COC2)C1. The molecule has 0 saturated carbocycles. The number of ether oxygens (including phenoxy) is 1. The molecule has 7 nitrogen and oxygen atoms in total. The van der Waals surface area contributed by atoms with Crippen molar-refractivity contribution >= 4 is 34.1 Å². The number of aromatic amines is 1. The van der Waals surface area contributed by atoms with E-state index in [4.69, 9.17) is 4.74 Å². The molecule has 0 atom stereocenters. The smallest absolute Gasteiger partial charge is 0.323 e. The molecule has 0 aliphatic carbocycles. The molecule has 1 aromatic carbocycles. The summed E-state index contributed by atoms with van der Waals surface area (Å²) in [5.41, 5.74) is 2.55. The number of nitrogens with one attached hydrogen (secondary N) is 3. The quantitative estimate of drug-likeness (QED) is 0.628. The summed E-state index contributed by atoms with van der Waals surface area (Å²) in [6.45, 7) is 5.45. The van der Waals surface area contributed by atoms with Gasteiger partial charge >= 0.3 is 6.03 Å². The molecule has 9 heteroatoms. The zero-order valence-electron chi connectivity index (χ0n) is 15.7. The van der Waals surface area contributed by atoms with E-state index >= 15 is 0 Å². The molecule has 4 heterocycles. The highest BCUT2D eigenvalue weighted by molar-refractivity contribution is 6.05. The molecule has 0 radical (unpaired) electrons. The van der Waals surface area contributed by atoms with Crippen molar-refractivity contribution in [2.45, 2.75) is 6.92 Å². The molecule has 2 saturated heterocycles. The lowest BCUT2D eigenvalue weighted by Crippen LogP contribution is -2.66. The minimum absolute atomic E-state index is 0.298. The van der Waals surface area contributed by atoms with Crippen molar-refractivity contribution in [1.82, 2.24) is 9.97 Å². The summed E-state index contributed by atoms with van der Waals surface area (Å²) < 4.78 is 32.1. The van der Waals surface area contributed by atoms with Gasteiger partial charge in [0.15, 0.2) is 11.6 Å². The van der Waals surface area contributed by atoms with Gasteiger partial charge in [0.05, 0.1) is 41.7 Å². The van der Waals surface area contributed by atoms with Gasteiger partial charge in [-0.15, -0.1) is 0 Å². The third-order valence-electron chi connectivity index (χ3n) is 5.45. The van der Waals surface area contributed by atoms with Crippen LogP contribution in [0, 0.1) is 24.0 Å². The fraction of sp³-hybridized carbons (Fsp3) is 0.300. The van der Waals surface area contributed by atoms with Crippen molar-refractivity contribution in [1.29, 1.82) is 0 Å².